The molecule has 0 spiro atoms. The van der Waals surface area contributed by atoms with Crippen molar-refractivity contribution >= 4 is 25.7 Å². The highest BCUT2D eigenvalue weighted by Gasteiger charge is 2.28. The van der Waals surface area contributed by atoms with E-state index in [1.54, 1.807) is 0 Å². The van der Waals surface area contributed by atoms with Crippen LogP contribution in [0.3, 0.4) is 0 Å². The summed E-state index contributed by atoms with van der Waals surface area (Å²) in [6.07, 6.45) is 39.6. The van der Waals surface area contributed by atoms with E-state index in [0.29, 0.717) is 12.8 Å². The van der Waals surface area contributed by atoms with Gasteiger partial charge in [-0.15, -0.1) is 0 Å². The van der Waals surface area contributed by atoms with E-state index in [2.05, 4.69) is 73.8 Å². The number of carbonyl (C=O) groups excluding carboxylic acids is 2. The van der Waals surface area contributed by atoms with E-state index < -0.39 is 57.6 Å². The number of phosphoric acid groups is 1. The van der Waals surface area contributed by atoms with E-state index in [1.807, 2.05) is 18.2 Å². The number of aliphatic carboxylic acids is 1. The highest BCUT2D eigenvalue weighted by Crippen LogP contribution is 2.43. The molecule has 11 nitrogen and oxygen atoms in total. The van der Waals surface area contributed by atoms with Gasteiger partial charge >= 0.3 is 19.8 Å². The number of esters is 1. The molecule has 0 aliphatic carbocycles. The molecule has 0 saturated carbocycles. The van der Waals surface area contributed by atoms with Gasteiger partial charge in [0.1, 0.15) is 12.7 Å². The number of nitrogens with one attached hydrogen (secondary N) is 1. The molecule has 0 fully saturated rings. The molecule has 4 N–H and O–H groups in total. The molecule has 0 rings (SSSR count). The van der Waals surface area contributed by atoms with E-state index in [1.165, 1.54) is 32.1 Å². The highest BCUT2D eigenvalue weighted by molar-refractivity contribution is 7.47. The van der Waals surface area contributed by atoms with Gasteiger partial charge < -0.3 is 25.2 Å². The molecular weight excluding hydrogens is 685 g/mol. The van der Waals surface area contributed by atoms with Gasteiger partial charge in [-0.25, -0.2) is 9.36 Å². The molecule has 0 aromatic rings. The zero-order valence-corrected chi connectivity index (χ0v) is 32.5. The van der Waals surface area contributed by atoms with E-state index in [9.17, 15) is 34.1 Å². The second-order valence-electron chi connectivity index (χ2n) is 12.4. The van der Waals surface area contributed by atoms with Crippen LogP contribution in [-0.4, -0.2) is 64.9 Å². The Morgan fingerprint density at radius 1 is 0.635 bits per heavy atom. The molecule has 0 aromatic carbocycles. The number of phosphoric ester groups is 1. The van der Waals surface area contributed by atoms with Gasteiger partial charge in [0.15, 0.2) is 6.04 Å². The quantitative estimate of drug-likeness (QED) is 0.0216. The first-order chi connectivity index (χ1) is 25.1. The zero-order chi connectivity index (χ0) is 38.5. The lowest BCUT2D eigenvalue weighted by atomic mass is 10.1. The van der Waals surface area contributed by atoms with Crippen molar-refractivity contribution in [1.29, 1.82) is 0 Å². The van der Waals surface area contributed by atoms with Gasteiger partial charge in [-0.2, -0.15) is 0 Å². The molecule has 0 radical (unpaired) electrons. The van der Waals surface area contributed by atoms with E-state index in [-0.39, 0.29) is 12.8 Å². The topological polar surface area (TPSA) is 169 Å². The van der Waals surface area contributed by atoms with Gasteiger partial charge in [-0.3, -0.25) is 18.6 Å². The minimum Gasteiger partial charge on any atom is -0.480 e. The second-order valence-corrected chi connectivity index (χ2v) is 13.8. The molecule has 0 bridgehead atoms. The summed E-state index contributed by atoms with van der Waals surface area (Å²) >= 11 is 0. The first-order valence-corrected chi connectivity index (χ1v) is 20.5. The van der Waals surface area contributed by atoms with Crippen molar-refractivity contribution in [1.82, 2.24) is 5.32 Å². The predicted octanol–water partition coefficient (Wildman–Crippen LogP) is 8.99. The largest absolute Gasteiger partial charge is 0.480 e. The van der Waals surface area contributed by atoms with Gasteiger partial charge in [0.05, 0.1) is 13.2 Å². The summed E-state index contributed by atoms with van der Waals surface area (Å²) in [4.78, 5) is 45.5. The Hall–Kier alpha value is -3.08. The number of hydrogen-bond donors (Lipinski definition) is 4. The van der Waals surface area contributed by atoms with E-state index >= 15 is 0 Å². The SMILES string of the molecule is CC/C=C\C/C=C\C/C=C\C/C=C\C/C=C\C/C=C\CCC(=O)OCC(O)COP(=O)(O)OCC(NC(=O)CCCCCCCCCCC)C(=O)O. The minimum absolute atomic E-state index is 0.0960. The van der Waals surface area contributed by atoms with Crippen molar-refractivity contribution in [3.05, 3.63) is 72.9 Å². The van der Waals surface area contributed by atoms with Crippen LogP contribution < -0.4 is 5.32 Å². The normalized spacial score (nSPS) is 14.7. The summed E-state index contributed by atoms with van der Waals surface area (Å²) in [5.41, 5.74) is 0. The number of rotatable bonds is 34. The van der Waals surface area contributed by atoms with E-state index in [0.717, 1.165) is 57.8 Å². The Labute approximate surface area is 312 Å². The van der Waals surface area contributed by atoms with Crippen LogP contribution >= 0.6 is 7.82 Å². The molecule has 52 heavy (non-hydrogen) atoms. The Morgan fingerprint density at radius 2 is 1.10 bits per heavy atom. The number of unbranched alkanes of at least 4 members (excludes halogenated alkanes) is 8. The maximum absolute atomic E-state index is 12.2. The van der Waals surface area contributed by atoms with Crippen LogP contribution in [0.25, 0.3) is 0 Å². The first-order valence-electron chi connectivity index (χ1n) is 19.0. The summed E-state index contributed by atoms with van der Waals surface area (Å²) in [7, 11) is -4.76. The van der Waals surface area contributed by atoms with Gasteiger partial charge in [-0.1, -0.05) is 138 Å². The Balaban J connectivity index is 4.06. The predicted molar refractivity (Wildman–Crippen MR) is 208 cm³/mol. The Bertz CT molecular complexity index is 1160. The standard InChI is InChI=1S/C40H66NO10P/c1-3-5-7-9-11-13-14-15-16-17-18-19-20-21-22-24-26-28-30-32-39(44)49-33-36(42)34-50-52(47,48)51-35-37(40(45)46)41-38(43)31-29-27-25-23-12-10-8-6-4-2/h5,7,11,13,15-16,18-19,21-22,26,28,36-37,42H,3-4,6,8-10,12,14,17,20,23-25,27,29-35H2,1-2H3,(H,41,43)(H,45,46)(H,47,48)/b7-5-,13-11-,16-15-,19-18-,22-21-,28-26-. The summed E-state index contributed by atoms with van der Waals surface area (Å²) in [5.74, 6) is -2.48. The molecule has 0 aliphatic heterocycles. The number of aliphatic hydroxyl groups excluding tert-OH is 1. The zero-order valence-electron chi connectivity index (χ0n) is 31.6. The number of carbonyl (C=O) groups is 3. The fraction of sp³-hybridized carbons (Fsp3) is 0.625. The van der Waals surface area contributed by atoms with Crippen molar-refractivity contribution in [3.63, 3.8) is 0 Å². The number of allylic oxidation sites excluding steroid dienone is 12. The summed E-state index contributed by atoms with van der Waals surface area (Å²) in [6.45, 7) is 2.33. The smallest absolute Gasteiger partial charge is 0.472 e. The average Bonchev–Trinajstić information content (AvgIpc) is 3.11. The molecule has 3 atom stereocenters. The highest BCUT2D eigenvalue weighted by atomic mass is 31.2. The molecular formula is C40H66NO10P. The van der Waals surface area contributed by atoms with Crippen molar-refractivity contribution in [2.75, 3.05) is 19.8 Å². The fourth-order valence-electron chi connectivity index (χ4n) is 4.57. The Kier molecular flexibility index (Phi) is 32.9. The number of aliphatic hydroxyl groups is 1. The second kappa shape index (κ2) is 35.0. The van der Waals surface area contributed by atoms with Gasteiger partial charge in [0, 0.05) is 12.8 Å². The Morgan fingerprint density at radius 3 is 1.60 bits per heavy atom. The third kappa shape index (κ3) is 34.0. The average molecular weight is 752 g/mol. The molecule has 3 unspecified atom stereocenters. The lowest BCUT2D eigenvalue weighted by Gasteiger charge is -2.18. The van der Waals surface area contributed by atoms with Crippen LogP contribution in [-0.2, 0) is 32.7 Å². The summed E-state index contributed by atoms with van der Waals surface area (Å²) < 4.78 is 26.6. The maximum Gasteiger partial charge on any atom is 0.472 e. The van der Waals surface area contributed by atoms with Crippen LogP contribution in [0.4, 0.5) is 0 Å². The van der Waals surface area contributed by atoms with Gasteiger partial charge in [0.2, 0.25) is 5.91 Å². The number of hydrogen-bond acceptors (Lipinski definition) is 8. The molecule has 296 valence electrons. The number of carboxylic acids is 1. The molecule has 0 aromatic heterocycles. The summed E-state index contributed by atoms with van der Waals surface area (Å²) in [6, 6.07) is -1.55. The molecule has 0 aliphatic rings. The molecule has 1 amide bonds. The third-order valence-corrected chi connectivity index (χ3v) is 8.47. The third-order valence-electron chi connectivity index (χ3n) is 7.52. The minimum atomic E-state index is -4.76. The van der Waals surface area contributed by atoms with Gasteiger partial charge in [0.25, 0.3) is 0 Å². The van der Waals surface area contributed by atoms with Crippen molar-refractivity contribution in [2.24, 2.45) is 0 Å². The summed E-state index contributed by atoms with van der Waals surface area (Å²) in [5, 5.41) is 21.7. The number of amides is 1. The van der Waals surface area contributed by atoms with Gasteiger partial charge in [-0.05, 0) is 51.4 Å². The van der Waals surface area contributed by atoms with Crippen molar-refractivity contribution < 1.29 is 47.8 Å². The lowest BCUT2D eigenvalue weighted by Crippen LogP contribution is -2.43. The fourth-order valence-corrected chi connectivity index (χ4v) is 5.35. The van der Waals surface area contributed by atoms with Crippen LogP contribution in [0.5, 0.6) is 0 Å². The lowest BCUT2D eigenvalue weighted by molar-refractivity contribution is -0.147. The van der Waals surface area contributed by atoms with Crippen molar-refractivity contribution in [2.45, 2.75) is 142 Å². The molecule has 0 saturated heterocycles. The number of ether oxygens (including phenoxy) is 1. The van der Waals surface area contributed by atoms with Crippen LogP contribution in [0.2, 0.25) is 0 Å². The molecule has 0 heterocycles. The maximum atomic E-state index is 12.2. The van der Waals surface area contributed by atoms with E-state index in [4.69, 9.17) is 13.8 Å². The van der Waals surface area contributed by atoms with Crippen molar-refractivity contribution in [3.8, 4) is 0 Å². The number of carboxylic acid groups (broad SMARTS) is 1. The van der Waals surface area contributed by atoms with Crippen LogP contribution in [0.15, 0.2) is 72.9 Å². The van der Waals surface area contributed by atoms with Crippen LogP contribution in [0, 0.1) is 0 Å². The monoisotopic (exact) mass is 751 g/mol. The van der Waals surface area contributed by atoms with Crippen LogP contribution in [0.1, 0.15) is 129 Å². The first kappa shape index (κ1) is 48.9. The molecule has 12 heteroatoms.